The summed E-state index contributed by atoms with van der Waals surface area (Å²) in [5, 5.41) is 13.9. The predicted octanol–water partition coefficient (Wildman–Crippen LogP) is 6.83. The number of carbonyl (C=O) groups is 1. The van der Waals surface area contributed by atoms with E-state index in [9.17, 15) is 9.18 Å². The molecule has 1 saturated heterocycles. The maximum atomic E-state index is 13.8. The topological polar surface area (TPSA) is 79.5 Å². The zero-order chi connectivity index (χ0) is 24.3. The standard InChI is InChI=1S/C26H22Cl2FN3O3/c27-18-9-17(29)10-19(28)22(18)23-21(24(35-31-23)14-1-2-14)16-11-26(12-16)5-7-32(8-6-26)20-4-3-15(13-30-20)25(33)34/h3-4,9-11,13-14H,1-2,5-8,12H2,(H,33,34). The molecule has 2 aromatic heterocycles. The zero-order valence-corrected chi connectivity index (χ0v) is 20.2. The molecule has 2 fully saturated rings. The number of piperidine rings is 1. The van der Waals surface area contributed by atoms with Crippen molar-refractivity contribution in [1.29, 1.82) is 0 Å². The lowest BCUT2D eigenvalue weighted by atomic mass is 9.63. The van der Waals surface area contributed by atoms with E-state index in [0.29, 0.717) is 17.2 Å². The van der Waals surface area contributed by atoms with Crippen molar-refractivity contribution >= 4 is 40.6 Å². The molecule has 0 bridgehead atoms. The van der Waals surface area contributed by atoms with Gasteiger partial charge in [0.25, 0.3) is 0 Å². The third kappa shape index (κ3) is 4.00. The van der Waals surface area contributed by atoms with Crippen LogP contribution in [0, 0.1) is 11.2 Å². The highest BCUT2D eigenvalue weighted by Crippen LogP contribution is 2.56. The minimum absolute atomic E-state index is 0.0958. The highest BCUT2D eigenvalue weighted by atomic mass is 35.5. The normalized spacial score (nSPS) is 18.9. The molecule has 6 nitrogen and oxygen atoms in total. The van der Waals surface area contributed by atoms with E-state index >= 15 is 0 Å². The van der Waals surface area contributed by atoms with E-state index in [4.69, 9.17) is 32.8 Å². The van der Waals surface area contributed by atoms with Crippen LogP contribution in [0.4, 0.5) is 10.2 Å². The molecule has 1 saturated carbocycles. The van der Waals surface area contributed by atoms with Gasteiger partial charge in [0, 0.05) is 36.3 Å². The van der Waals surface area contributed by atoms with E-state index in [2.05, 4.69) is 21.1 Å². The number of aromatic nitrogens is 2. The number of carboxylic acid groups (broad SMARTS) is 1. The first-order chi connectivity index (χ1) is 16.8. The molecule has 0 unspecified atom stereocenters. The number of allylic oxidation sites excluding steroid dienone is 2. The van der Waals surface area contributed by atoms with E-state index in [1.54, 1.807) is 12.1 Å². The molecule has 9 heteroatoms. The third-order valence-electron chi connectivity index (χ3n) is 7.33. The molecule has 3 aliphatic rings. The van der Waals surface area contributed by atoms with Gasteiger partial charge in [0.15, 0.2) is 0 Å². The van der Waals surface area contributed by atoms with Gasteiger partial charge in [-0.2, -0.15) is 0 Å². The van der Waals surface area contributed by atoms with E-state index in [-0.39, 0.29) is 21.0 Å². The Labute approximate surface area is 211 Å². The molecule has 180 valence electrons. The van der Waals surface area contributed by atoms with Crippen molar-refractivity contribution in [3.63, 3.8) is 0 Å². The van der Waals surface area contributed by atoms with Gasteiger partial charge in [0.2, 0.25) is 0 Å². The fourth-order valence-electron chi connectivity index (χ4n) is 5.26. The molecule has 2 aliphatic carbocycles. The first-order valence-electron chi connectivity index (χ1n) is 11.6. The van der Waals surface area contributed by atoms with Crippen molar-refractivity contribution < 1.29 is 18.8 Å². The Bertz CT molecular complexity index is 1330. The number of hydrogen-bond donors (Lipinski definition) is 1. The Kier molecular flexibility index (Phi) is 5.38. The molecule has 0 radical (unpaired) electrons. The predicted molar refractivity (Wildman–Crippen MR) is 132 cm³/mol. The summed E-state index contributed by atoms with van der Waals surface area (Å²) in [4.78, 5) is 17.6. The van der Waals surface area contributed by atoms with Gasteiger partial charge in [-0.25, -0.2) is 14.2 Å². The number of hydrogen-bond acceptors (Lipinski definition) is 5. The van der Waals surface area contributed by atoms with Crippen LogP contribution in [0.5, 0.6) is 0 Å². The van der Waals surface area contributed by atoms with Crippen LogP contribution >= 0.6 is 23.2 Å². The molecule has 0 amide bonds. The second kappa shape index (κ2) is 8.35. The second-order valence-corrected chi connectivity index (χ2v) is 10.5. The zero-order valence-electron chi connectivity index (χ0n) is 18.7. The van der Waals surface area contributed by atoms with Crippen molar-refractivity contribution in [3.8, 4) is 11.3 Å². The Morgan fingerprint density at radius 1 is 1.14 bits per heavy atom. The van der Waals surface area contributed by atoms with Crippen LogP contribution in [0.1, 0.15) is 59.7 Å². The lowest BCUT2D eigenvalue weighted by Gasteiger charge is -2.46. The lowest BCUT2D eigenvalue weighted by Crippen LogP contribution is -2.42. The average molecular weight is 514 g/mol. The molecule has 1 aliphatic heterocycles. The number of carboxylic acids is 1. The minimum atomic E-state index is -0.976. The van der Waals surface area contributed by atoms with Crippen molar-refractivity contribution in [2.45, 2.75) is 38.0 Å². The second-order valence-electron chi connectivity index (χ2n) is 9.70. The van der Waals surface area contributed by atoms with E-state index in [1.165, 1.54) is 23.9 Å². The van der Waals surface area contributed by atoms with Crippen LogP contribution < -0.4 is 4.90 Å². The summed E-state index contributed by atoms with van der Waals surface area (Å²) in [6.07, 6.45) is 8.70. The number of halogens is 3. The van der Waals surface area contributed by atoms with E-state index in [0.717, 1.165) is 62.3 Å². The van der Waals surface area contributed by atoms with Crippen molar-refractivity contribution in [2.75, 3.05) is 18.0 Å². The molecule has 0 atom stereocenters. The van der Waals surface area contributed by atoms with Crippen LogP contribution in [0.3, 0.4) is 0 Å². The summed E-state index contributed by atoms with van der Waals surface area (Å²) in [6.45, 7) is 1.68. The quantitative estimate of drug-likeness (QED) is 0.402. The summed E-state index contributed by atoms with van der Waals surface area (Å²) < 4.78 is 19.6. The monoisotopic (exact) mass is 513 g/mol. The summed E-state index contributed by atoms with van der Waals surface area (Å²) in [5.41, 5.74) is 3.51. The Morgan fingerprint density at radius 2 is 1.83 bits per heavy atom. The van der Waals surface area contributed by atoms with Crippen LogP contribution in [0.15, 0.2) is 41.1 Å². The van der Waals surface area contributed by atoms with Gasteiger partial charge in [-0.05, 0) is 67.4 Å². The van der Waals surface area contributed by atoms with Gasteiger partial charge in [-0.3, -0.25) is 0 Å². The van der Waals surface area contributed by atoms with Crippen LogP contribution in [-0.2, 0) is 0 Å². The summed E-state index contributed by atoms with van der Waals surface area (Å²) in [7, 11) is 0. The fraction of sp³-hybridized carbons (Fsp3) is 0.346. The molecular formula is C26H22Cl2FN3O3. The molecular weight excluding hydrogens is 492 g/mol. The Balaban J connectivity index is 1.26. The van der Waals surface area contributed by atoms with Gasteiger partial charge in [-0.15, -0.1) is 0 Å². The van der Waals surface area contributed by atoms with Crippen molar-refractivity contribution in [2.24, 2.45) is 5.41 Å². The fourth-order valence-corrected chi connectivity index (χ4v) is 5.90. The highest BCUT2D eigenvalue weighted by molar-refractivity contribution is 6.39. The summed E-state index contributed by atoms with van der Waals surface area (Å²) in [6, 6.07) is 5.86. The average Bonchev–Trinajstić information content (AvgIpc) is 3.57. The molecule has 1 N–H and O–H groups in total. The van der Waals surface area contributed by atoms with Gasteiger partial charge < -0.3 is 14.5 Å². The van der Waals surface area contributed by atoms with E-state index < -0.39 is 11.8 Å². The number of pyridine rings is 1. The largest absolute Gasteiger partial charge is 0.478 e. The van der Waals surface area contributed by atoms with Crippen LogP contribution in [0.25, 0.3) is 16.8 Å². The third-order valence-corrected chi connectivity index (χ3v) is 7.93. The molecule has 3 heterocycles. The number of nitrogens with zero attached hydrogens (tertiary/aromatic N) is 3. The van der Waals surface area contributed by atoms with Crippen LogP contribution in [0.2, 0.25) is 10.0 Å². The molecule has 6 rings (SSSR count). The number of benzene rings is 1. The van der Waals surface area contributed by atoms with E-state index in [1.807, 2.05) is 0 Å². The lowest BCUT2D eigenvalue weighted by molar-refractivity contribution is 0.0696. The smallest absolute Gasteiger partial charge is 0.337 e. The summed E-state index contributed by atoms with van der Waals surface area (Å²) >= 11 is 12.8. The first-order valence-corrected chi connectivity index (χ1v) is 12.4. The van der Waals surface area contributed by atoms with Gasteiger partial charge in [0.05, 0.1) is 15.6 Å². The van der Waals surface area contributed by atoms with Gasteiger partial charge >= 0.3 is 5.97 Å². The van der Waals surface area contributed by atoms with Crippen LogP contribution in [-0.4, -0.2) is 34.3 Å². The van der Waals surface area contributed by atoms with Crippen molar-refractivity contribution in [1.82, 2.24) is 10.1 Å². The van der Waals surface area contributed by atoms with Gasteiger partial charge in [0.1, 0.15) is 23.1 Å². The maximum absolute atomic E-state index is 13.8. The molecule has 3 aromatic rings. The Hall–Kier alpha value is -2.90. The van der Waals surface area contributed by atoms with Crippen molar-refractivity contribution in [3.05, 3.63) is 69.3 Å². The minimum Gasteiger partial charge on any atom is -0.478 e. The van der Waals surface area contributed by atoms with Gasteiger partial charge in [-0.1, -0.05) is 34.4 Å². The summed E-state index contributed by atoms with van der Waals surface area (Å²) in [5.74, 6) is 0.556. The molecule has 35 heavy (non-hydrogen) atoms. The molecule has 1 aromatic carbocycles. The maximum Gasteiger partial charge on any atom is 0.337 e. The Morgan fingerprint density at radius 3 is 2.40 bits per heavy atom. The SMILES string of the molecule is O=C(O)c1ccc(N2CCC3(C=C(c4c(-c5c(Cl)cc(F)cc5Cl)noc4C4CC4)C3)CC2)nc1. The highest BCUT2D eigenvalue weighted by Gasteiger charge is 2.44. The molecule has 1 spiro atoms. The first kappa shape index (κ1) is 22.6. The number of aromatic carboxylic acids is 1. The number of anilines is 1. The number of rotatable bonds is 5.